The van der Waals surface area contributed by atoms with Gasteiger partial charge < -0.3 is 4.90 Å². The first-order chi connectivity index (χ1) is 12.6. The number of benzene rings is 2. The van der Waals surface area contributed by atoms with E-state index in [0.29, 0.717) is 0 Å². The van der Waals surface area contributed by atoms with E-state index in [4.69, 9.17) is 11.6 Å². The zero-order valence-electron chi connectivity index (χ0n) is 14.6. The van der Waals surface area contributed by atoms with E-state index in [9.17, 15) is 4.79 Å². The number of carbonyl (C=O) groups is 1. The number of fused-ring (bicyclic) bond motifs is 1. The molecule has 5 heteroatoms. The van der Waals surface area contributed by atoms with Crippen molar-refractivity contribution in [2.45, 2.75) is 25.8 Å². The topological polar surface area (TPSA) is 23.6 Å². The first kappa shape index (κ1) is 18.0. The van der Waals surface area contributed by atoms with E-state index >= 15 is 0 Å². The molecular weight excluding hydrogens is 412 g/mol. The molecule has 26 heavy (non-hydrogen) atoms. The van der Waals surface area contributed by atoms with Gasteiger partial charge in [-0.05, 0) is 67.3 Å². The fourth-order valence-electron chi connectivity index (χ4n) is 4.07. The van der Waals surface area contributed by atoms with Gasteiger partial charge in [-0.15, -0.1) is 0 Å². The highest BCUT2D eigenvalue weighted by molar-refractivity contribution is 9.10. The molecule has 2 aliphatic heterocycles. The molecule has 0 spiro atoms. The zero-order valence-corrected chi connectivity index (χ0v) is 17.0. The normalized spacial score (nSPS) is 20.2. The molecule has 1 amide bonds. The van der Waals surface area contributed by atoms with Crippen molar-refractivity contribution < 1.29 is 4.79 Å². The van der Waals surface area contributed by atoms with Gasteiger partial charge in [-0.3, -0.25) is 9.69 Å². The minimum Gasteiger partial charge on any atom is -0.312 e. The highest BCUT2D eigenvalue weighted by atomic mass is 79.9. The summed E-state index contributed by atoms with van der Waals surface area (Å²) in [5, 5.41) is 0.764. The lowest BCUT2D eigenvalue weighted by Gasteiger charge is -2.34. The molecule has 1 saturated heterocycles. The molecule has 0 radical (unpaired) electrons. The Morgan fingerprint density at radius 3 is 2.77 bits per heavy atom. The summed E-state index contributed by atoms with van der Waals surface area (Å²) in [5.41, 5.74) is 3.61. The number of amides is 1. The highest BCUT2D eigenvalue weighted by Gasteiger charge is 2.33. The Morgan fingerprint density at radius 1 is 1.15 bits per heavy atom. The van der Waals surface area contributed by atoms with Gasteiger partial charge in [0.25, 0.3) is 0 Å². The Bertz CT molecular complexity index is 808. The average molecular weight is 434 g/mol. The molecule has 2 heterocycles. The molecule has 3 nitrogen and oxygen atoms in total. The summed E-state index contributed by atoms with van der Waals surface area (Å²) in [5.74, 6) is 0.373. The number of nitrogens with zero attached hydrogens (tertiary/aromatic N) is 2. The predicted octanol–water partition coefficient (Wildman–Crippen LogP) is 4.90. The zero-order chi connectivity index (χ0) is 18.1. The standard InChI is InChI=1S/C21H22BrClN2O/c22-18-5-8-20-16(12-18)9-11-25(20)21(26)17-2-1-10-24(14-17)13-15-3-6-19(23)7-4-15/h3-8,12,17H,1-2,9-11,13-14H2. The molecule has 1 atom stereocenters. The maximum atomic E-state index is 13.2. The van der Waals surface area contributed by atoms with Gasteiger partial charge in [0.05, 0.1) is 5.92 Å². The monoisotopic (exact) mass is 432 g/mol. The van der Waals surface area contributed by atoms with Gasteiger partial charge in [0, 0.05) is 34.8 Å². The molecule has 1 fully saturated rings. The van der Waals surface area contributed by atoms with Crippen molar-refractivity contribution >= 4 is 39.1 Å². The van der Waals surface area contributed by atoms with E-state index in [2.05, 4.69) is 45.1 Å². The second-order valence-corrected chi connectivity index (χ2v) is 8.57. The molecule has 4 rings (SSSR count). The van der Waals surface area contributed by atoms with E-state index in [1.54, 1.807) is 0 Å². The summed E-state index contributed by atoms with van der Waals surface area (Å²) in [6.07, 6.45) is 3.01. The van der Waals surface area contributed by atoms with Gasteiger partial charge in [-0.25, -0.2) is 0 Å². The van der Waals surface area contributed by atoms with Crippen molar-refractivity contribution in [2.24, 2.45) is 5.92 Å². The minimum atomic E-state index is 0.0886. The Hall–Kier alpha value is -1.36. The molecular formula is C21H22BrClN2O. The van der Waals surface area contributed by atoms with Crippen LogP contribution in [-0.2, 0) is 17.8 Å². The van der Waals surface area contributed by atoms with Gasteiger partial charge in [0.15, 0.2) is 0 Å². The van der Waals surface area contributed by atoms with E-state index < -0.39 is 0 Å². The van der Waals surface area contributed by atoms with Gasteiger partial charge in [-0.2, -0.15) is 0 Å². The van der Waals surface area contributed by atoms with Gasteiger partial charge in [-0.1, -0.05) is 39.7 Å². The lowest BCUT2D eigenvalue weighted by Crippen LogP contribution is -2.44. The van der Waals surface area contributed by atoms with Crippen molar-refractivity contribution in [1.82, 2.24) is 4.90 Å². The third-order valence-corrected chi connectivity index (χ3v) is 6.12. The van der Waals surface area contributed by atoms with Gasteiger partial charge in [0.2, 0.25) is 5.91 Å². The van der Waals surface area contributed by atoms with Gasteiger partial charge >= 0.3 is 0 Å². The molecule has 0 aliphatic carbocycles. The van der Waals surface area contributed by atoms with Gasteiger partial charge in [0.1, 0.15) is 0 Å². The summed E-state index contributed by atoms with van der Waals surface area (Å²) in [7, 11) is 0. The van der Waals surface area contributed by atoms with E-state index in [-0.39, 0.29) is 11.8 Å². The maximum absolute atomic E-state index is 13.2. The van der Waals surface area contributed by atoms with Crippen molar-refractivity contribution in [2.75, 3.05) is 24.5 Å². The Labute approximate surface area is 168 Å². The van der Waals surface area contributed by atoms with Crippen LogP contribution in [0.5, 0.6) is 0 Å². The lowest BCUT2D eigenvalue weighted by molar-refractivity contribution is -0.124. The molecule has 0 aromatic heterocycles. The van der Waals surface area contributed by atoms with Crippen LogP contribution in [0.15, 0.2) is 46.9 Å². The molecule has 2 aromatic carbocycles. The number of hydrogen-bond donors (Lipinski definition) is 0. The summed E-state index contributed by atoms with van der Waals surface area (Å²) in [6, 6.07) is 14.2. The third-order valence-electron chi connectivity index (χ3n) is 5.38. The smallest absolute Gasteiger partial charge is 0.231 e. The van der Waals surface area contributed by atoms with E-state index in [1.807, 2.05) is 23.1 Å². The molecule has 2 aliphatic rings. The molecule has 0 N–H and O–H groups in total. The summed E-state index contributed by atoms with van der Waals surface area (Å²) < 4.78 is 1.08. The lowest BCUT2D eigenvalue weighted by atomic mass is 9.96. The molecule has 136 valence electrons. The van der Waals surface area contributed by atoms with Crippen molar-refractivity contribution in [3.8, 4) is 0 Å². The Morgan fingerprint density at radius 2 is 1.96 bits per heavy atom. The van der Waals surface area contributed by atoms with Crippen LogP contribution in [0, 0.1) is 5.92 Å². The largest absolute Gasteiger partial charge is 0.312 e. The number of carbonyl (C=O) groups excluding carboxylic acids is 1. The van der Waals surface area contributed by atoms with Crippen LogP contribution in [0.3, 0.4) is 0 Å². The van der Waals surface area contributed by atoms with Crippen LogP contribution in [-0.4, -0.2) is 30.4 Å². The number of rotatable bonds is 3. The third kappa shape index (κ3) is 3.83. The molecule has 0 bridgehead atoms. The minimum absolute atomic E-state index is 0.0886. The fourth-order valence-corrected chi connectivity index (χ4v) is 4.60. The second-order valence-electron chi connectivity index (χ2n) is 7.21. The highest BCUT2D eigenvalue weighted by Crippen LogP contribution is 2.33. The van der Waals surface area contributed by atoms with Crippen molar-refractivity contribution in [3.05, 3.63) is 63.1 Å². The van der Waals surface area contributed by atoms with Crippen LogP contribution in [0.4, 0.5) is 5.69 Å². The molecule has 2 aromatic rings. The average Bonchev–Trinajstić information content (AvgIpc) is 3.06. The van der Waals surface area contributed by atoms with E-state index in [1.165, 1.54) is 11.1 Å². The van der Waals surface area contributed by atoms with Crippen LogP contribution in [0.2, 0.25) is 5.02 Å². The second kappa shape index (κ2) is 7.71. The predicted molar refractivity (Wildman–Crippen MR) is 110 cm³/mol. The van der Waals surface area contributed by atoms with E-state index in [0.717, 1.165) is 60.6 Å². The molecule has 0 saturated carbocycles. The maximum Gasteiger partial charge on any atom is 0.231 e. The van der Waals surface area contributed by atoms with Crippen LogP contribution in [0.1, 0.15) is 24.0 Å². The first-order valence-electron chi connectivity index (χ1n) is 9.17. The number of likely N-dealkylation sites (tertiary alicyclic amines) is 1. The van der Waals surface area contributed by atoms with Crippen LogP contribution in [0.25, 0.3) is 0 Å². The van der Waals surface area contributed by atoms with Crippen LogP contribution < -0.4 is 4.90 Å². The summed E-state index contributed by atoms with van der Waals surface area (Å²) in [4.78, 5) is 17.6. The summed E-state index contributed by atoms with van der Waals surface area (Å²) >= 11 is 9.50. The van der Waals surface area contributed by atoms with Crippen LogP contribution >= 0.6 is 27.5 Å². The van der Waals surface area contributed by atoms with Crippen molar-refractivity contribution in [3.63, 3.8) is 0 Å². The number of piperidine rings is 1. The SMILES string of the molecule is O=C(C1CCCN(Cc2ccc(Cl)cc2)C1)N1CCc2cc(Br)ccc21. The Balaban J connectivity index is 1.43. The fraction of sp³-hybridized carbons (Fsp3) is 0.381. The Kier molecular flexibility index (Phi) is 5.35. The quantitative estimate of drug-likeness (QED) is 0.687. The first-order valence-corrected chi connectivity index (χ1v) is 10.3. The number of halogens is 2. The number of anilines is 1. The van der Waals surface area contributed by atoms with Crippen molar-refractivity contribution in [1.29, 1.82) is 0 Å². The summed E-state index contributed by atoms with van der Waals surface area (Å²) in [6.45, 7) is 3.57. The molecule has 1 unspecified atom stereocenters. The number of hydrogen-bond acceptors (Lipinski definition) is 2.